The van der Waals surface area contributed by atoms with Gasteiger partial charge in [-0.2, -0.15) is 0 Å². The highest BCUT2D eigenvalue weighted by Crippen LogP contribution is 2.51. The van der Waals surface area contributed by atoms with Gasteiger partial charge >= 0.3 is 0 Å². The first-order valence-electron chi connectivity index (χ1n) is 14.4. The van der Waals surface area contributed by atoms with Crippen molar-refractivity contribution in [3.8, 4) is 0 Å². The SMILES string of the molecule is CC(C)C1C[C@]1(NC(=O)c1ccc(N(C)C)cc1)C(=O)N1CC[C@@H]2[C@H]1C(=O)CN2C(=O)CC1CCCCC1. The number of Topliss-reactive ketones (excluding diaryl/α,β-unsaturated/α-hetero) is 1. The minimum Gasteiger partial charge on any atom is -0.378 e. The van der Waals surface area contributed by atoms with Gasteiger partial charge in [0.15, 0.2) is 5.78 Å². The number of likely N-dealkylation sites (tertiary alicyclic amines) is 2. The number of amides is 3. The Balaban J connectivity index is 1.30. The number of carbonyl (C=O) groups excluding carboxylic acids is 4. The van der Waals surface area contributed by atoms with Crippen LogP contribution >= 0.6 is 0 Å². The van der Waals surface area contributed by atoms with E-state index >= 15 is 0 Å². The van der Waals surface area contributed by atoms with Gasteiger partial charge in [0.2, 0.25) is 11.8 Å². The third-order valence-corrected chi connectivity index (χ3v) is 9.38. The summed E-state index contributed by atoms with van der Waals surface area (Å²) in [5.74, 6) is 0.193. The summed E-state index contributed by atoms with van der Waals surface area (Å²) in [6.45, 7) is 4.66. The molecule has 2 aliphatic carbocycles. The van der Waals surface area contributed by atoms with Crippen molar-refractivity contribution in [3.05, 3.63) is 29.8 Å². The van der Waals surface area contributed by atoms with Crippen LogP contribution in [0.1, 0.15) is 75.6 Å². The molecular weight excluding hydrogens is 480 g/mol. The van der Waals surface area contributed by atoms with Gasteiger partial charge in [0.1, 0.15) is 11.6 Å². The van der Waals surface area contributed by atoms with Gasteiger partial charge in [-0.1, -0.05) is 33.1 Å². The Bertz CT molecular complexity index is 1090. The summed E-state index contributed by atoms with van der Waals surface area (Å²) in [4.78, 5) is 59.2. The maximum atomic E-state index is 14.1. The smallest absolute Gasteiger partial charge is 0.252 e. The van der Waals surface area contributed by atoms with Crippen molar-refractivity contribution in [3.63, 3.8) is 0 Å². The van der Waals surface area contributed by atoms with Crippen LogP contribution in [0.5, 0.6) is 0 Å². The summed E-state index contributed by atoms with van der Waals surface area (Å²) in [6, 6.07) is 6.48. The number of anilines is 1. The lowest BCUT2D eigenvalue weighted by Crippen LogP contribution is -2.55. The molecule has 206 valence electrons. The quantitative estimate of drug-likeness (QED) is 0.594. The highest BCUT2D eigenvalue weighted by Gasteiger charge is 2.65. The highest BCUT2D eigenvalue weighted by molar-refractivity contribution is 6.04. The van der Waals surface area contributed by atoms with Crippen LogP contribution in [0.25, 0.3) is 0 Å². The number of fused-ring (bicyclic) bond motifs is 1. The monoisotopic (exact) mass is 522 g/mol. The predicted octanol–water partition coefficient (Wildman–Crippen LogP) is 3.25. The average Bonchev–Trinajstić information content (AvgIpc) is 3.31. The van der Waals surface area contributed by atoms with Crippen LogP contribution in [-0.4, -0.2) is 78.1 Å². The zero-order valence-corrected chi connectivity index (χ0v) is 23.2. The molecule has 8 heteroatoms. The molecular formula is C30H42N4O4. The number of ketones is 1. The van der Waals surface area contributed by atoms with Crippen LogP contribution in [0.2, 0.25) is 0 Å². The van der Waals surface area contributed by atoms with E-state index in [1.165, 1.54) is 19.3 Å². The zero-order chi connectivity index (χ0) is 27.2. The van der Waals surface area contributed by atoms with Crippen molar-refractivity contribution in [2.75, 3.05) is 32.1 Å². The van der Waals surface area contributed by atoms with Crippen LogP contribution in [0.3, 0.4) is 0 Å². The number of hydrogen-bond acceptors (Lipinski definition) is 5. The maximum absolute atomic E-state index is 14.1. The van der Waals surface area contributed by atoms with Gasteiger partial charge in [-0.3, -0.25) is 19.2 Å². The van der Waals surface area contributed by atoms with Gasteiger partial charge in [0, 0.05) is 38.3 Å². The molecule has 8 nitrogen and oxygen atoms in total. The number of rotatable bonds is 7. The van der Waals surface area contributed by atoms with E-state index in [1.54, 1.807) is 21.9 Å². The van der Waals surface area contributed by atoms with E-state index < -0.39 is 11.6 Å². The second-order valence-electron chi connectivity index (χ2n) is 12.4. The minimum atomic E-state index is -1.000. The van der Waals surface area contributed by atoms with Crippen molar-refractivity contribution in [2.24, 2.45) is 17.8 Å². The van der Waals surface area contributed by atoms with E-state index in [4.69, 9.17) is 0 Å². The molecule has 0 spiro atoms. The standard InChI is InChI=1S/C30H42N4O4/c1-19(2)23-17-30(23,31-28(37)21-10-12-22(13-11-21)32(3)4)29(38)33-15-14-24-27(33)25(35)18-34(24)26(36)16-20-8-6-5-7-9-20/h10-13,19-20,23-24,27H,5-9,14-18H2,1-4H3,(H,31,37)/t23?,24-,27+,30-/m1/s1. The Morgan fingerprint density at radius 3 is 2.32 bits per heavy atom. The summed E-state index contributed by atoms with van der Waals surface area (Å²) in [5.41, 5.74) is 0.498. The summed E-state index contributed by atoms with van der Waals surface area (Å²) >= 11 is 0. The first-order valence-corrected chi connectivity index (χ1v) is 14.4. The molecule has 2 saturated heterocycles. The summed E-state index contributed by atoms with van der Waals surface area (Å²) in [5, 5.41) is 3.09. The first kappa shape index (κ1) is 26.7. The Morgan fingerprint density at radius 1 is 1.03 bits per heavy atom. The van der Waals surface area contributed by atoms with Crippen LogP contribution < -0.4 is 10.2 Å². The molecule has 4 fully saturated rings. The fourth-order valence-corrected chi connectivity index (χ4v) is 7.10. The topological polar surface area (TPSA) is 90.0 Å². The fourth-order valence-electron chi connectivity index (χ4n) is 7.10. The largest absolute Gasteiger partial charge is 0.378 e. The number of carbonyl (C=O) groups is 4. The average molecular weight is 523 g/mol. The van der Waals surface area contributed by atoms with Crippen LogP contribution in [-0.2, 0) is 14.4 Å². The van der Waals surface area contributed by atoms with Crippen molar-refractivity contribution < 1.29 is 19.2 Å². The molecule has 0 bridgehead atoms. The van der Waals surface area contributed by atoms with Crippen molar-refractivity contribution >= 4 is 29.2 Å². The molecule has 0 radical (unpaired) electrons. The normalized spacial score (nSPS) is 29.0. The zero-order valence-electron chi connectivity index (χ0n) is 23.2. The molecule has 2 heterocycles. The number of nitrogens with zero attached hydrogens (tertiary/aromatic N) is 3. The highest BCUT2D eigenvalue weighted by atomic mass is 16.2. The third-order valence-electron chi connectivity index (χ3n) is 9.38. The molecule has 3 amide bonds. The predicted molar refractivity (Wildman–Crippen MR) is 146 cm³/mol. The van der Waals surface area contributed by atoms with E-state index in [1.807, 2.05) is 31.1 Å². The molecule has 38 heavy (non-hydrogen) atoms. The van der Waals surface area contributed by atoms with Crippen molar-refractivity contribution in [2.45, 2.75) is 82.8 Å². The molecule has 1 N–H and O–H groups in total. The second kappa shape index (κ2) is 10.3. The Kier molecular flexibility index (Phi) is 7.27. The Morgan fingerprint density at radius 2 is 1.71 bits per heavy atom. The van der Waals surface area contributed by atoms with Crippen LogP contribution in [0.15, 0.2) is 24.3 Å². The number of hydrogen-bond donors (Lipinski definition) is 1. The van der Waals surface area contributed by atoms with E-state index in [0.29, 0.717) is 37.3 Å². The lowest BCUT2D eigenvalue weighted by Gasteiger charge is -2.30. The first-order chi connectivity index (χ1) is 18.1. The van der Waals surface area contributed by atoms with E-state index in [0.717, 1.165) is 18.5 Å². The molecule has 5 rings (SSSR count). The molecule has 2 aliphatic heterocycles. The minimum absolute atomic E-state index is 0.0135. The van der Waals surface area contributed by atoms with Crippen LogP contribution in [0.4, 0.5) is 5.69 Å². The number of benzene rings is 1. The molecule has 2 saturated carbocycles. The summed E-state index contributed by atoms with van der Waals surface area (Å²) in [7, 11) is 3.89. The number of nitrogens with one attached hydrogen (secondary N) is 1. The van der Waals surface area contributed by atoms with E-state index in [2.05, 4.69) is 19.2 Å². The van der Waals surface area contributed by atoms with Gasteiger partial charge in [-0.05, 0) is 67.7 Å². The van der Waals surface area contributed by atoms with Gasteiger partial charge in [0.05, 0.1) is 12.6 Å². The lowest BCUT2D eigenvalue weighted by molar-refractivity contribution is -0.139. The van der Waals surface area contributed by atoms with Crippen molar-refractivity contribution in [1.82, 2.24) is 15.1 Å². The molecule has 1 aromatic carbocycles. The Labute approximate surface area is 226 Å². The maximum Gasteiger partial charge on any atom is 0.252 e. The van der Waals surface area contributed by atoms with Gasteiger partial charge in [-0.25, -0.2) is 0 Å². The summed E-state index contributed by atoms with van der Waals surface area (Å²) in [6.07, 6.45) is 7.45. The lowest BCUT2D eigenvalue weighted by atomic mass is 9.86. The van der Waals surface area contributed by atoms with Crippen LogP contribution in [0, 0.1) is 17.8 Å². The molecule has 4 atom stereocenters. The Hall–Kier alpha value is -2.90. The second-order valence-corrected chi connectivity index (χ2v) is 12.4. The van der Waals surface area contributed by atoms with E-state index in [-0.39, 0.29) is 47.9 Å². The van der Waals surface area contributed by atoms with E-state index in [9.17, 15) is 19.2 Å². The van der Waals surface area contributed by atoms with Gasteiger partial charge < -0.3 is 20.0 Å². The molecule has 1 aromatic rings. The molecule has 4 aliphatic rings. The fraction of sp³-hybridized carbons (Fsp3) is 0.667. The molecule has 0 aromatic heterocycles. The van der Waals surface area contributed by atoms with Gasteiger partial charge in [0.25, 0.3) is 5.91 Å². The third kappa shape index (κ3) is 4.82. The van der Waals surface area contributed by atoms with Gasteiger partial charge in [-0.15, -0.1) is 0 Å². The molecule has 1 unspecified atom stereocenters. The summed E-state index contributed by atoms with van der Waals surface area (Å²) < 4.78 is 0. The van der Waals surface area contributed by atoms with Crippen molar-refractivity contribution in [1.29, 1.82) is 0 Å².